The zero-order valence-corrected chi connectivity index (χ0v) is 22.1. The van der Waals surface area contributed by atoms with Crippen LogP contribution in [0.25, 0.3) is 0 Å². The highest BCUT2D eigenvalue weighted by atomic mass is 19.1. The van der Waals surface area contributed by atoms with E-state index in [0.717, 1.165) is 17.5 Å². The molecule has 2 unspecified atom stereocenters. The van der Waals surface area contributed by atoms with E-state index in [4.69, 9.17) is 4.74 Å². The summed E-state index contributed by atoms with van der Waals surface area (Å²) in [6, 6.07) is 22.5. The molecule has 0 aliphatic rings. The lowest BCUT2D eigenvalue weighted by Gasteiger charge is -2.32. The minimum absolute atomic E-state index is 0.0377. The average Bonchev–Trinajstić information content (AvgIpc) is 2.91. The van der Waals surface area contributed by atoms with Gasteiger partial charge in [-0.15, -0.1) is 0 Å². The van der Waals surface area contributed by atoms with E-state index in [0.29, 0.717) is 18.1 Å². The molecule has 0 radical (unpaired) electrons. The van der Waals surface area contributed by atoms with Gasteiger partial charge in [-0.25, -0.2) is 4.39 Å². The highest BCUT2D eigenvalue weighted by Gasteiger charge is 2.31. The van der Waals surface area contributed by atoms with Gasteiger partial charge < -0.3 is 15.0 Å². The minimum Gasteiger partial charge on any atom is -0.484 e. The van der Waals surface area contributed by atoms with Crippen LogP contribution in [0.4, 0.5) is 4.39 Å². The first-order valence-corrected chi connectivity index (χ1v) is 12.9. The van der Waals surface area contributed by atoms with Crippen LogP contribution in [0.1, 0.15) is 56.7 Å². The molecular formula is C31H37FN2O3. The van der Waals surface area contributed by atoms with Gasteiger partial charge in [0.15, 0.2) is 6.61 Å². The normalized spacial score (nSPS) is 12.6. The van der Waals surface area contributed by atoms with Crippen molar-refractivity contribution in [2.45, 2.75) is 65.1 Å². The Morgan fingerprint density at radius 1 is 0.892 bits per heavy atom. The Balaban J connectivity index is 1.88. The maximum atomic E-state index is 13.6. The highest BCUT2D eigenvalue weighted by molar-refractivity contribution is 5.88. The van der Waals surface area contributed by atoms with Gasteiger partial charge in [0.25, 0.3) is 5.91 Å². The number of carbonyl (C=O) groups excluding carboxylic acids is 2. The Kier molecular flexibility index (Phi) is 10.2. The molecular weight excluding hydrogens is 467 g/mol. The van der Waals surface area contributed by atoms with Crippen molar-refractivity contribution in [3.8, 4) is 5.75 Å². The molecule has 6 heteroatoms. The first-order valence-electron chi connectivity index (χ1n) is 12.9. The number of halogens is 1. The Labute approximate surface area is 219 Å². The number of benzene rings is 3. The first kappa shape index (κ1) is 27.9. The second kappa shape index (κ2) is 13.6. The van der Waals surface area contributed by atoms with Crippen molar-refractivity contribution in [2.24, 2.45) is 0 Å². The molecule has 196 valence electrons. The van der Waals surface area contributed by atoms with Gasteiger partial charge in [0.05, 0.1) is 0 Å². The van der Waals surface area contributed by atoms with Crippen molar-refractivity contribution in [3.05, 3.63) is 101 Å². The van der Waals surface area contributed by atoms with Gasteiger partial charge in [0.1, 0.15) is 17.6 Å². The van der Waals surface area contributed by atoms with Crippen molar-refractivity contribution in [3.63, 3.8) is 0 Å². The predicted octanol–water partition coefficient (Wildman–Crippen LogP) is 5.88. The molecule has 0 bridgehead atoms. The van der Waals surface area contributed by atoms with E-state index in [1.54, 1.807) is 17.0 Å². The van der Waals surface area contributed by atoms with Crippen LogP contribution in [-0.4, -0.2) is 35.4 Å². The third-order valence-electron chi connectivity index (χ3n) is 6.45. The van der Waals surface area contributed by atoms with Crippen molar-refractivity contribution in [2.75, 3.05) is 6.61 Å². The molecule has 3 aromatic rings. The molecule has 3 aromatic carbocycles. The fraction of sp³-hybridized carbons (Fsp3) is 0.355. The molecule has 0 aliphatic carbocycles. The summed E-state index contributed by atoms with van der Waals surface area (Å²) in [4.78, 5) is 28.6. The molecule has 3 rings (SSSR count). The number of nitrogens with zero attached hydrogens (tertiary/aromatic N) is 1. The van der Waals surface area contributed by atoms with Gasteiger partial charge in [-0.3, -0.25) is 9.59 Å². The third kappa shape index (κ3) is 8.45. The summed E-state index contributed by atoms with van der Waals surface area (Å²) in [6.07, 6.45) is 1.12. The fourth-order valence-electron chi connectivity index (χ4n) is 3.96. The van der Waals surface area contributed by atoms with Crippen LogP contribution in [0.3, 0.4) is 0 Å². The van der Waals surface area contributed by atoms with Gasteiger partial charge in [0.2, 0.25) is 5.91 Å². The smallest absolute Gasteiger partial charge is 0.261 e. The molecule has 1 N–H and O–H groups in total. The van der Waals surface area contributed by atoms with Crippen LogP contribution in [0.15, 0.2) is 78.9 Å². The van der Waals surface area contributed by atoms with Gasteiger partial charge in [-0.05, 0) is 60.2 Å². The van der Waals surface area contributed by atoms with Crippen LogP contribution in [0.2, 0.25) is 0 Å². The molecule has 0 saturated carbocycles. The molecule has 37 heavy (non-hydrogen) atoms. The number of carbonyl (C=O) groups is 2. The predicted molar refractivity (Wildman–Crippen MR) is 145 cm³/mol. The summed E-state index contributed by atoms with van der Waals surface area (Å²) in [5.41, 5.74) is 2.85. The van der Waals surface area contributed by atoms with Gasteiger partial charge >= 0.3 is 0 Å². The molecule has 0 aromatic heterocycles. The standard InChI is InChI=1S/C31H37FN2O3/c1-5-23(4)33-31(36)29(19-24-9-7-6-8-10-24)34(20-25-11-15-27(32)16-12-25)30(35)21-37-28-17-13-26(14-18-28)22(2)3/h6-18,22-23,29H,5,19-21H2,1-4H3,(H,33,36). The number of ether oxygens (including phenoxy) is 1. The second-order valence-electron chi connectivity index (χ2n) is 9.68. The van der Waals surface area contributed by atoms with Crippen molar-refractivity contribution in [1.29, 1.82) is 0 Å². The lowest BCUT2D eigenvalue weighted by Crippen LogP contribution is -2.53. The maximum Gasteiger partial charge on any atom is 0.261 e. The Bertz CT molecular complexity index is 1130. The van der Waals surface area contributed by atoms with Crippen molar-refractivity contribution < 1.29 is 18.7 Å². The molecule has 2 amide bonds. The monoisotopic (exact) mass is 504 g/mol. The van der Waals surface area contributed by atoms with Crippen LogP contribution in [0.5, 0.6) is 5.75 Å². The lowest BCUT2D eigenvalue weighted by atomic mass is 10.0. The molecule has 5 nitrogen and oxygen atoms in total. The fourth-order valence-corrected chi connectivity index (χ4v) is 3.96. The summed E-state index contributed by atoms with van der Waals surface area (Å²) in [6.45, 7) is 8.10. The molecule has 0 saturated heterocycles. The Hall–Kier alpha value is -3.67. The van der Waals surface area contributed by atoms with Gasteiger partial charge in [-0.2, -0.15) is 0 Å². The number of rotatable bonds is 12. The minimum atomic E-state index is -0.763. The zero-order valence-electron chi connectivity index (χ0n) is 22.1. The largest absolute Gasteiger partial charge is 0.484 e. The first-order chi connectivity index (χ1) is 17.8. The van der Waals surface area contributed by atoms with Crippen LogP contribution in [0, 0.1) is 5.82 Å². The Morgan fingerprint density at radius 3 is 2.14 bits per heavy atom. The van der Waals surface area contributed by atoms with E-state index >= 15 is 0 Å². The van der Waals surface area contributed by atoms with E-state index in [9.17, 15) is 14.0 Å². The van der Waals surface area contributed by atoms with Gasteiger partial charge in [-0.1, -0.05) is 75.4 Å². The van der Waals surface area contributed by atoms with Crippen LogP contribution >= 0.6 is 0 Å². The van der Waals surface area contributed by atoms with Crippen molar-refractivity contribution >= 4 is 11.8 Å². The Morgan fingerprint density at radius 2 is 1.54 bits per heavy atom. The summed E-state index contributed by atoms with van der Waals surface area (Å²) in [5.74, 6) is 0.0744. The summed E-state index contributed by atoms with van der Waals surface area (Å²) < 4.78 is 19.4. The quantitative estimate of drug-likeness (QED) is 0.335. The second-order valence-corrected chi connectivity index (χ2v) is 9.68. The molecule has 0 fully saturated rings. The summed E-state index contributed by atoms with van der Waals surface area (Å²) >= 11 is 0. The number of hydrogen-bond acceptors (Lipinski definition) is 3. The molecule has 0 spiro atoms. The van der Waals surface area contributed by atoms with Crippen LogP contribution < -0.4 is 10.1 Å². The number of nitrogens with one attached hydrogen (secondary N) is 1. The van der Waals surface area contributed by atoms with Crippen LogP contribution in [-0.2, 0) is 22.6 Å². The average molecular weight is 505 g/mol. The van der Waals surface area contributed by atoms with E-state index in [-0.39, 0.29) is 36.8 Å². The highest BCUT2D eigenvalue weighted by Crippen LogP contribution is 2.20. The lowest BCUT2D eigenvalue weighted by molar-refractivity contribution is -0.143. The van der Waals surface area contributed by atoms with Crippen molar-refractivity contribution in [1.82, 2.24) is 10.2 Å². The maximum absolute atomic E-state index is 13.6. The molecule has 0 heterocycles. The number of amides is 2. The summed E-state index contributed by atoms with van der Waals surface area (Å²) in [7, 11) is 0. The van der Waals surface area contributed by atoms with E-state index in [1.807, 2.05) is 68.4 Å². The molecule has 2 atom stereocenters. The molecule has 0 aliphatic heterocycles. The number of hydrogen-bond donors (Lipinski definition) is 1. The summed E-state index contributed by atoms with van der Waals surface area (Å²) in [5, 5.41) is 3.04. The van der Waals surface area contributed by atoms with E-state index in [2.05, 4.69) is 19.2 Å². The van der Waals surface area contributed by atoms with E-state index in [1.165, 1.54) is 17.7 Å². The third-order valence-corrected chi connectivity index (χ3v) is 6.45. The van der Waals surface area contributed by atoms with Gasteiger partial charge in [0, 0.05) is 19.0 Å². The zero-order chi connectivity index (χ0) is 26.8. The SMILES string of the molecule is CCC(C)NC(=O)C(Cc1ccccc1)N(Cc1ccc(F)cc1)C(=O)COc1ccc(C(C)C)cc1. The topological polar surface area (TPSA) is 58.6 Å². The van der Waals surface area contributed by atoms with E-state index < -0.39 is 6.04 Å².